The van der Waals surface area contributed by atoms with Gasteiger partial charge < -0.3 is 14.1 Å². The Labute approximate surface area is 148 Å². The Balaban J connectivity index is 1.54. The van der Waals surface area contributed by atoms with Gasteiger partial charge in [0.1, 0.15) is 11.5 Å². The smallest absolute Gasteiger partial charge is 0.120 e. The number of ether oxygens (including phenoxy) is 1. The summed E-state index contributed by atoms with van der Waals surface area (Å²) in [7, 11) is 0. The van der Waals surface area contributed by atoms with E-state index in [1.54, 1.807) is 6.26 Å². The van der Waals surface area contributed by atoms with E-state index in [2.05, 4.69) is 48.1 Å². The van der Waals surface area contributed by atoms with Crippen molar-refractivity contribution in [3.05, 3.63) is 60.2 Å². The van der Waals surface area contributed by atoms with Gasteiger partial charge in [0.05, 0.1) is 18.9 Å². The first-order chi connectivity index (χ1) is 12.2. The van der Waals surface area contributed by atoms with E-state index in [1.807, 2.05) is 18.2 Å². The average Bonchev–Trinajstić information content (AvgIpc) is 3.24. The van der Waals surface area contributed by atoms with Crippen LogP contribution in [0.4, 0.5) is 0 Å². The topological polar surface area (TPSA) is 41.4 Å². The molecule has 4 heteroatoms. The molecule has 1 N–H and O–H groups in total. The maximum absolute atomic E-state index is 5.86. The van der Waals surface area contributed by atoms with Crippen LogP contribution in [0.5, 0.6) is 5.75 Å². The third-order valence-electron chi connectivity index (χ3n) is 4.62. The minimum Gasteiger partial charge on any atom is -0.491 e. The molecule has 0 atom stereocenters. The number of hydrogen-bond donors (Lipinski definition) is 1. The van der Waals surface area contributed by atoms with E-state index in [0.717, 1.165) is 43.1 Å². The molecule has 0 fully saturated rings. The molecule has 3 aromatic rings. The lowest BCUT2D eigenvalue weighted by Gasteiger charge is -2.25. The molecule has 0 amide bonds. The van der Waals surface area contributed by atoms with Crippen LogP contribution in [0, 0.1) is 0 Å². The summed E-state index contributed by atoms with van der Waals surface area (Å²) < 4.78 is 11.3. The van der Waals surface area contributed by atoms with Gasteiger partial charge in [-0.25, -0.2) is 0 Å². The Hall–Kier alpha value is -2.46. The fraction of sp³-hybridized carbons (Fsp3) is 0.333. The largest absolute Gasteiger partial charge is 0.491 e. The molecule has 0 spiro atoms. The first kappa shape index (κ1) is 16.0. The lowest BCUT2D eigenvalue weighted by atomic mass is 9.98. The lowest BCUT2D eigenvalue weighted by molar-refractivity contribution is 0.243. The van der Waals surface area contributed by atoms with Crippen LogP contribution in [0.1, 0.15) is 31.6 Å². The van der Waals surface area contributed by atoms with E-state index in [4.69, 9.17) is 9.15 Å². The van der Waals surface area contributed by atoms with Gasteiger partial charge in [-0.05, 0) is 56.2 Å². The fourth-order valence-electron chi connectivity index (χ4n) is 3.43. The van der Waals surface area contributed by atoms with Crippen molar-refractivity contribution in [1.82, 2.24) is 9.88 Å². The van der Waals surface area contributed by atoms with E-state index >= 15 is 0 Å². The van der Waals surface area contributed by atoms with Gasteiger partial charge in [-0.2, -0.15) is 0 Å². The van der Waals surface area contributed by atoms with Crippen molar-refractivity contribution < 1.29 is 9.15 Å². The van der Waals surface area contributed by atoms with E-state index in [0.29, 0.717) is 0 Å². The van der Waals surface area contributed by atoms with Crippen LogP contribution in [-0.2, 0) is 6.54 Å². The van der Waals surface area contributed by atoms with Gasteiger partial charge in [0.25, 0.3) is 0 Å². The molecule has 0 radical (unpaired) electrons. The van der Waals surface area contributed by atoms with Crippen LogP contribution in [0.25, 0.3) is 16.5 Å². The second kappa shape index (κ2) is 6.81. The third kappa shape index (κ3) is 3.49. The SMILES string of the molecule is CC(C)Oc1ccc2[nH]cc(C3=CCN(Cc4ccco4)CC3)c2c1. The zero-order valence-corrected chi connectivity index (χ0v) is 14.8. The normalized spacial score (nSPS) is 15.7. The molecule has 1 aliphatic rings. The summed E-state index contributed by atoms with van der Waals surface area (Å²) >= 11 is 0. The van der Waals surface area contributed by atoms with Crippen molar-refractivity contribution in [1.29, 1.82) is 0 Å². The third-order valence-corrected chi connectivity index (χ3v) is 4.62. The number of hydrogen-bond acceptors (Lipinski definition) is 3. The number of aromatic nitrogens is 1. The maximum atomic E-state index is 5.86. The molecule has 130 valence electrons. The molecule has 25 heavy (non-hydrogen) atoms. The van der Waals surface area contributed by atoms with Crippen LogP contribution in [0.2, 0.25) is 0 Å². The number of fused-ring (bicyclic) bond motifs is 1. The number of aromatic amines is 1. The zero-order valence-electron chi connectivity index (χ0n) is 14.8. The summed E-state index contributed by atoms with van der Waals surface area (Å²) in [6.07, 6.45) is 7.43. The molecule has 0 aliphatic carbocycles. The van der Waals surface area contributed by atoms with Gasteiger partial charge in [0.2, 0.25) is 0 Å². The highest BCUT2D eigenvalue weighted by Gasteiger charge is 2.17. The summed E-state index contributed by atoms with van der Waals surface area (Å²) in [6.45, 7) is 6.97. The van der Waals surface area contributed by atoms with Crippen molar-refractivity contribution in [3.63, 3.8) is 0 Å². The van der Waals surface area contributed by atoms with Gasteiger partial charge in [-0.3, -0.25) is 4.90 Å². The number of nitrogens with one attached hydrogen (secondary N) is 1. The van der Waals surface area contributed by atoms with Crippen molar-refractivity contribution in [2.75, 3.05) is 13.1 Å². The van der Waals surface area contributed by atoms with Gasteiger partial charge in [0, 0.05) is 35.8 Å². The van der Waals surface area contributed by atoms with Gasteiger partial charge >= 0.3 is 0 Å². The Kier molecular flexibility index (Phi) is 4.36. The predicted octanol–water partition coefficient (Wildman–Crippen LogP) is 4.84. The van der Waals surface area contributed by atoms with Crippen molar-refractivity contribution in [3.8, 4) is 5.75 Å². The summed E-state index contributed by atoms with van der Waals surface area (Å²) in [5.74, 6) is 1.96. The molecule has 1 aromatic carbocycles. The lowest BCUT2D eigenvalue weighted by Crippen LogP contribution is -2.27. The second-order valence-electron chi connectivity index (χ2n) is 6.87. The van der Waals surface area contributed by atoms with Crippen molar-refractivity contribution >= 4 is 16.5 Å². The molecule has 0 saturated heterocycles. The average molecular weight is 336 g/mol. The molecular formula is C21H24N2O2. The minimum atomic E-state index is 0.184. The van der Waals surface area contributed by atoms with Crippen LogP contribution in [0.3, 0.4) is 0 Å². The monoisotopic (exact) mass is 336 g/mol. The van der Waals surface area contributed by atoms with Crippen molar-refractivity contribution in [2.24, 2.45) is 0 Å². The van der Waals surface area contributed by atoms with Crippen LogP contribution in [0.15, 0.2) is 53.3 Å². The standard InChI is InChI=1S/C21H24N2O2/c1-15(2)25-17-5-6-21-19(12-17)20(13-22-21)16-7-9-23(10-8-16)14-18-4-3-11-24-18/h3-7,11-13,15,22H,8-10,14H2,1-2H3. The van der Waals surface area contributed by atoms with Gasteiger partial charge in [-0.15, -0.1) is 0 Å². The number of nitrogens with zero attached hydrogens (tertiary/aromatic N) is 1. The number of furan rings is 1. The highest BCUT2D eigenvalue weighted by Crippen LogP contribution is 2.32. The number of H-pyrrole nitrogens is 1. The summed E-state index contributed by atoms with van der Waals surface area (Å²) in [4.78, 5) is 5.80. The van der Waals surface area contributed by atoms with Crippen LogP contribution < -0.4 is 4.74 Å². The summed E-state index contributed by atoms with van der Waals surface area (Å²) in [5, 5.41) is 1.24. The van der Waals surface area contributed by atoms with E-state index in [1.165, 1.54) is 16.5 Å². The summed E-state index contributed by atoms with van der Waals surface area (Å²) in [6, 6.07) is 10.3. The molecule has 3 heterocycles. The Morgan fingerprint density at radius 1 is 1.28 bits per heavy atom. The Morgan fingerprint density at radius 3 is 2.92 bits per heavy atom. The maximum Gasteiger partial charge on any atom is 0.120 e. The second-order valence-corrected chi connectivity index (χ2v) is 6.87. The highest BCUT2D eigenvalue weighted by molar-refractivity contribution is 5.93. The van der Waals surface area contributed by atoms with E-state index in [-0.39, 0.29) is 6.10 Å². The molecule has 2 aromatic heterocycles. The van der Waals surface area contributed by atoms with E-state index in [9.17, 15) is 0 Å². The van der Waals surface area contributed by atoms with Gasteiger partial charge in [-0.1, -0.05) is 6.08 Å². The predicted molar refractivity (Wildman–Crippen MR) is 101 cm³/mol. The molecular weight excluding hydrogens is 312 g/mol. The molecule has 4 rings (SSSR count). The van der Waals surface area contributed by atoms with Crippen LogP contribution in [-0.4, -0.2) is 29.1 Å². The minimum absolute atomic E-state index is 0.184. The number of benzene rings is 1. The molecule has 4 nitrogen and oxygen atoms in total. The Morgan fingerprint density at radius 2 is 2.20 bits per heavy atom. The van der Waals surface area contributed by atoms with Crippen molar-refractivity contribution in [2.45, 2.75) is 32.9 Å². The molecule has 0 bridgehead atoms. The first-order valence-corrected chi connectivity index (χ1v) is 8.91. The number of rotatable bonds is 5. The fourth-order valence-corrected chi connectivity index (χ4v) is 3.43. The Bertz CT molecular complexity index is 875. The van der Waals surface area contributed by atoms with E-state index < -0.39 is 0 Å². The van der Waals surface area contributed by atoms with Crippen LogP contribution >= 0.6 is 0 Å². The zero-order chi connectivity index (χ0) is 17.2. The molecule has 1 aliphatic heterocycles. The molecule has 0 unspecified atom stereocenters. The highest BCUT2D eigenvalue weighted by atomic mass is 16.5. The summed E-state index contributed by atoms with van der Waals surface area (Å²) in [5.41, 5.74) is 3.86. The quantitative estimate of drug-likeness (QED) is 0.725. The molecule has 0 saturated carbocycles. The first-order valence-electron chi connectivity index (χ1n) is 8.91. The van der Waals surface area contributed by atoms with Gasteiger partial charge in [0.15, 0.2) is 0 Å².